The van der Waals surface area contributed by atoms with Gasteiger partial charge in [-0.15, -0.1) is 0 Å². The molecule has 2 aromatic carbocycles. The van der Waals surface area contributed by atoms with Gasteiger partial charge in [0.15, 0.2) is 0 Å². The lowest BCUT2D eigenvalue weighted by Gasteiger charge is -2.24. The Bertz CT molecular complexity index is 934. The summed E-state index contributed by atoms with van der Waals surface area (Å²) in [5, 5.41) is 3.94. The molecule has 0 spiro atoms. The number of anilines is 1. The van der Waals surface area contributed by atoms with E-state index in [-0.39, 0.29) is 11.8 Å². The van der Waals surface area contributed by atoms with Gasteiger partial charge in [-0.05, 0) is 38.0 Å². The molecular formula is C22H22N2O2. The van der Waals surface area contributed by atoms with E-state index in [1.54, 1.807) is 0 Å². The summed E-state index contributed by atoms with van der Waals surface area (Å²) >= 11 is 0. The first-order valence-corrected chi connectivity index (χ1v) is 9.18. The van der Waals surface area contributed by atoms with Gasteiger partial charge in [0.1, 0.15) is 5.75 Å². The number of carbonyl (C=O) groups is 1. The smallest absolute Gasteiger partial charge is 0.227 e. The van der Waals surface area contributed by atoms with Crippen molar-refractivity contribution in [3.05, 3.63) is 54.6 Å². The normalized spacial score (nSPS) is 14.0. The maximum absolute atomic E-state index is 12.2. The summed E-state index contributed by atoms with van der Waals surface area (Å²) in [6, 6.07) is 17.9. The number of amides is 1. The zero-order valence-electron chi connectivity index (χ0n) is 14.9. The molecule has 1 amide bonds. The third-order valence-electron chi connectivity index (χ3n) is 4.88. The van der Waals surface area contributed by atoms with Crippen LogP contribution in [0.15, 0.2) is 54.6 Å². The minimum Gasteiger partial charge on any atom is -0.493 e. The molecule has 1 fully saturated rings. The summed E-state index contributed by atoms with van der Waals surface area (Å²) in [5.74, 6) is 1.06. The molecule has 1 N–H and O–H groups in total. The molecule has 0 atom stereocenters. The highest BCUT2D eigenvalue weighted by Crippen LogP contribution is 2.33. The highest BCUT2D eigenvalue weighted by Gasteiger charge is 2.25. The van der Waals surface area contributed by atoms with E-state index in [1.807, 2.05) is 61.5 Å². The largest absolute Gasteiger partial charge is 0.493 e. The molecule has 1 saturated carbocycles. The topological polar surface area (TPSA) is 51.2 Å². The van der Waals surface area contributed by atoms with Crippen LogP contribution in [0.5, 0.6) is 5.75 Å². The van der Waals surface area contributed by atoms with E-state index < -0.39 is 0 Å². The van der Waals surface area contributed by atoms with E-state index in [1.165, 1.54) is 0 Å². The van der Waals surface area contributed by atoms with Crippen LogP contribution in [0.4, 0.5) is 5.69 Å². The average molecular weight is 346 g/mol. The summed E-state index contributed by atoms with van der Waals surface area (Å²) < 4.78 is 5.87. The summed E-state index contributed by atoms with van der Waals surface area (Å²) in [5.41, 5.74) is 3.59. The van der Waals surface area contributed by atoms with Crippen molar-refractivity contribution in [1.82, 2.24) is 4.98 Å². The van der Waals surface area contributed by atoms with Gasteiger partial charge in [0.2, 0.25) is 5.91 Å². The number of carbonyl (C=O) groups excluding carboxylic acids is 1. The fourth-order valence-corrected chi connectivity index (χ4v) is 3.22. The third kappa shape index (κ3) is 3.27. The van der Waals surface area contributed by atoms with Gasteiger partial charge in [-0.3, -0.25) is 4.79 Å². The molecule has 3 aromatic rings. The third-order valence-corrected chi connectivity index (χ3v) is 4.88. The first kappa shape index (κ1) is 16.6. The van der Waals surface area contributed by atoms with E-state index in [0.717, 1.165) is 52.9 Å². The van der Waals surface area contributed by atoms with Gasteiger partial charge in [-0.2, -0.15) is 0 Å². The fourth-order valence-electron chi connectivity index (χ4n) is 3.22. The molecule has 4 heteroatoms. The van der Waals surface area contributed by atoms with E-state index in [2.05, 4.69) is 5.32 Å². The predicted octanol–water partition coefficient (Wildman–Crippen LogP) is 5.04. The number of rotatable bonds is 5. The molecule has 0 aliphatic heterocycles. The van der Waals surface area contributed by atoms with Gasteiger partial charge in [0.05, 0.1) is 17.8 Å². The van der Waals surface area contributed by atoms with Crippen LogP contribution in [0.25, 0.3) is 22.2 Å². The maximum Gasteiger partial charge on any atom is 0.227 e. The van der Waals surface area contributed by atoms with Gasteiger partial charge in [0, 0.05) is 28.6 Å². The van der Waals surface area contributed by atoms with Gasteiger partial charge in [0.25, 0.3) is 0 Å². The zero-order valence-corrected chi connectivity index (χ0v) is 14.9. The highest BCUT2D eigenvalue weighted by molar-refractivity contribution is 5.97. The second-order valence-electron chi connectivity index (χ2n) is 6.65. The van der Waals surface area contributed by atoms with E-state index in [9.17, 15) is 4.79 Å². The van der Waals surface area contributed by atoms with E-state index in [0.29, 0.717) is 6.61 Å². The molecule has 1 aliphatic carbocycles. The lowest BCUT2D eigenvalue weighted by molar-refractivity contribution is -0.122. The molecule has 1 heterocycles. The first-order valence-electron chi connectivity index (χ1n) is 9.18. The summed E-state index contributed by atoms with van der Waals surface area (Å²) in [4.78, 5) is 17.0. The molecular weight excluding hydrogens is 324 g/mol. The second kappa shape index (κ2) is 7.16. The molecule has 4 rings (SSSR count). The molecule has 132 valence electrons. The monoisotopic (exact) mass is 346 g/mol. The predicted molar refractivity (Wildman–Crippen MR) is 104 cm³/mol. The zero-order chi connectivity index (χ0) is 17.9. The van der Waals surface area contributed by atoms with Crippen LogP contribution >= 0.6 is 0 Å². The van der Waals surface area contributed by atoms with Gasteiger partial charge >= 0.3 is 0 Å². The van der Waals surface area contributed by atoms with Crippen molar-refractivity contribution in [2.75, 3.05) is 11.9 Å². The fraction of sp³-hybridized carbons (Fsp3) is 0.273. The van der Waals surface area contributed by atoms with Gasteiger partial charge < -0.3 is 10.1 Å². The van der Waals surface area contributed by atoms with Crippen molar-refractivity contribution < 1.29 is 9.53 Å². The number of fused-ring (bicyclic) bond motifs is 1. The van der Waals surface area contributed by atoms with Crippen molar-refractivity contribution in [1.29, 1.82) is 0 Å². The van der Waals surface area contributed by atoms with E-state index in [4.69, 9.17) is 9.72 Å². The van der Waals surface area contributed by atoms with Crippen LogP contribution in [0.1, 0.15) is 26.2 Å². The molecule has 0 saturated heterocycles. The van der Waals surface area contributed by atoms with Crippen molar-refractivity contribution in [3.63, 3.8) is 0 Å². The molecule has 0 radical (unpaired) electrons. The molecule has 0 unspecified atom stereocenters. The Labute approximate surface area is 153 Å². The Morgan fingerprint density at radius 2 is 1.96 bits per heavy atom. The van der Waals surface area contributed by atoms with Crippen molar-refractivity contribution in [2.24, 2.45) is 5.92 Å². The number of aromatic nitrogens is 1. The Morgan fingerprint density at radius 1 is 1.15 bits per heavy atom. The number of nitrogens with one attached hydrogen (secondary N) is 1. The Hall–Kier alpha value is -2.88. The Kier molecular flexibility index (Phi) is 4.57. The minimum absolute atomic E-state index is 0.113. The van der Waals surface area contributed by atoms with Crippen LogP contribution in [0.3, 0.4) is 0 Å². The molecule has 26 heavy (non-hydrogen) atoms. The molecule has 1 aliphatic rings. The first-order chi connectivity index (χ1) is 12.7. The van der Waals surface area contributed by atoms with E-state index >= 15 is 0 Å². The summed E-state index contributed by atoms with van der Waals surface area (Å²) in [6.45, 7) is 2.54. The van der Waals surface area contributed by atoms with Crippen LogP contribution in [-0.2, 0) is 4.79 Å². The lowest BCUT2D eigenvalue weighted by atomic mass is 9.85. The number of nitrogens with zero attached hydrogens (tertiary/aromatic N) is 1. The summed E-state index contributed by atoms with van der Waals surface area (Å²) in [6.07, 6.45) is 3.13. The number of benzene rings is 2. The maximum atomic E-state index is 12.2. The van der Waals surface area contributed by atoms with Crippen LogP contribution in [-0.4, -0.2) is 17.5 Å². The molecule has 4 nitrogen and oxygen atoms in total. The SMILES string of the molecule is CCOc1cc(-c2ccccc2)nc2ccc(NC(=O)C3CCC3)cc12. The highest BCUT2D eigenvalue weighted by atomic mass is 16.5. The Balaban J connectivity index is 1.72. The standard InChI is InChI=1S/C22H22N2O2/c1-2-26-21-14-20(15-7-4-3-5-8-15)24-19-12-11-17(13-18(19)21)23-22(25)16-9-6-10-16/h3-5,7-8,11-14,16H,2,6,9-10H2,1H3,(H,23,25). The van der Waals surface area contributed by atoms with Crippen LogP contribution in [0, 0.1) is 5.92 Å². The molecule has 0 bridgehead atoms. The van der Waals surface area contributed by atoms with Crippen LogP contribution < -0.4 is 10.1 Å². The number of pyridine rings is 1. The van der Waals surface area contributed by atoms with Crippen molar-refractivity contribution in [3.8, 4) is 17.0 Å². The van der Waals surface area contributed by atoms with Gasteiger partial charge in [-0.25, -0.2) is 4.98 Å². The quantitative estimate of drug-likeness (QED) is 0.704. The number of hydrogen-bond donors (Lipinski definition) is 1. The number of ether oxygens (including phenoxy) is 1. The van der Waals surface area contributed by atoms with Crippen molar-refractivity contribution >= 4 is 22.5 Å². The van der Waals surface area contributed by atoms with Crippen LogP contribution in [0.2, 0.25) is 0 Å². The molecule has 1 aromatic heterocycles. The lowest BCUT2D eigenvalue weighted by Crippen LogP contribution is -2.27. The second-order valence-corrected chi connectivity index (χ2v) is 6.65. The minimum atomic E-state index is 0.113. The summed E-state index contributed by atoms with van der Waals surface area (Å²) in [7, 11) is 0. The Morgan fingerprint density at radius 3 is 2.65 bits per heavy atom. The number of hydrogen-bond acceptors (Lipinski definition) is 3. The van der Waals surface area contributed by atoms with Crippen molar-refractivity contribution in [2.45, 2.75) is 26.2 Å². The average Bonchev–Trinajstić information content (AvgIpc) is 2.61. The van der Waals surface area contributed by atoms with Gasteiger partial charge in [-0.1, -0.05) is 36.8 Å².